The molecule has 0 aliphatic carbocycles. The Morgan fingerprint density at radius 3 is 2.56 bits per heavy atom. The Balaban J connectivity index is 1.60. The van der Waals surface area contributed by atoms with Gasteiger partial charge in [-0.2, -0.15) is 10.2 Å². The van der Waals surface area contributed by atoms with Gasteiger partial charge in [-0.15, -0.1) is 0 Å². The van der Waals surface area contributed by atoms with Crippen LogP contribution in [0.25, 0.3) is 22.0 Å². The highest BCUT2D eigenvalue weighted by molar-refractivity contribution is 6.04. The molecule has 0 aliphatic rings. The first-order valence-electron chi connectivity index (χ1n) is 8.57. The molecule has 7 nitrogen and oxygen atoms in total. The van der Waals surface area contributed by atoms with Crippen LogP contribution >= 0.6 is 0 Å². The molecule has 0 unspecified atom stereocenters. The van der Waals surface area contributed by atoms with Gasteiger partial charge in [0.05, 0.1) is 22.8 Å². The highest BCUT2D eigenvalue weighted by Gasteiger charge is 2.11. The molecule has 0 aliphatic heterocycles. The third kappa shape index (κ3) is 3.22. The normalized spacial score (nSPS) is 10.9. The Bertz CT molecular complexity index is 1170. The van der Waals surface area contributed by atoms with Gasteiger partial charge in [-0.05, 0) is 25.1 Å². The van der Waals surface area contributed by atoms with E-state index in [0.29, 0.717) is 28.9 Å². The van der Waals surface area contributed by atoms with Gasteiger partial charge in [0.25, 0.3) is 11.5 Å². The first-order valence-corrected chi connectivity index (χ1v) is 8.57. The minimum atomic E-state index is -0.217. The Kier molecular flexibility index (Phi) is 4.25. The highest BCUT2D eigenvalue weighted by Crippen LogP contribution is 2.25. The molecule has 1 amide bonds. The molecule has 2 heterocycles. The number of nitrogens with zero attached hydrogens (tertiary/aromatic N) is 3. The molecule has 0 saturated carbocycles. The van der Waals surface area contributed by atoms with Gasteiger partial charge in [0.15, 0.2) is 0 Å². The van der Waals surface area contributed by atoms with Crippen LogP contribution in [0.15, 0.2) is 65.7 Å². The predicted molar refractivity (Wildman–Crippen MR) is 104 cm³/mol. The van der Waals surface area contributed by atoms with Crippen molar-refractivity contribution in [3.63, 3.8) is 0 Å². The Labute approximate surface area is 154 Å². The van der Waals surface area contributed by atoms with Crippen molar-refractivity contribution in [3.8, 4) is 11.3 Å². The molecule has 7 heteroatoms. The number of carbonyl (C=O) groups excluding carboxylic acids is 1. The number of rotatable bonds is 4. The maximum absolute atomic E-state index is 12.3. The molecule has 4 rings (SSSR count). The lowest BCUT2D eigenvalue weighted by Crippen LogP contribution is -2.11. The number of aryl methyl sites for hydroxylation is 1. The molecule has 0 fully saturated rings. The molecule has 27 heavy (non-hydrogen) atoms. The van der Waals surface area contributed by atoms with E-state index >= 15 is 0 Å². The average Bonchev–Trinajstić information content (AvgIpc) is 3.19. The smallest absolute Gasteiger partial charge is 0.272 e. The molecule has 0 spiro atoms. The Hall–Kier alpha value is -3.74. The minimum absolute atomic E-state index is 0.213. The molecule has 134 valence electrons. The van der Waals surface area contributed by atoms with Gasteiger partial charge in [-0.25, -0.2) is 5.10 Å². The molecule has 2 aromatic heterocycles. The number of carbonyl (C=O) groups is 1. The van der Waals surface area contributed by atoms with E-state index in [9.17, 15) is 9.59 Å². The average molecular weight is 359 g/mol. The number of aromatic amines is 1. The maximum Gasteiger partial charge on any atom is 0.272 e. The van der Waals surface area contributed by atoms with Crippen molar-refractivity contribution in [3.05, 3.63) is 76.8 Å². The molecule has 4 aromatic rings. The van der Waals surface area contributed by atoms with Crippen LogP contribution in [0.5, 0.6) is 0 Å². The number of aromatic nitrogens is 4. The minimum Gasteiger partial charge on any atom is -0.322 e. The largest absolute Gasteiger partial charge is 0.322 e. The monoisotopic (exact) mass is 359 g/mol. The predicted octanol–water partition coefficient (Wildman–Crippen LogP) is 3.06. The lowest BCUT2D eigenvalue weighted by molar-refractivity contribution is 0.102. The third-order valence-corrected chi connectivity index (χ3v) is 4.33. The Morgan fingerprint density at radius 2 is 1.85 bits per heavy atom. The molecular weight excluding hydrogens is 342 g/mol. The van der Waals surface area contributed by atoms with E-state index in [1.807, 2.05) is 37.3 Å². The van der Waals surface area contributed by atoms with Crippen LogP contribution in [0.2, 0.25) is 0 Å². The number of hydrogen-bond acceptors (Lipinski definition) is 4. The molecule has 0 radical (unpaired) electrons. The number of fused-ring (bicyclic) bond motifs is 1. The quantitative estimate of drug-likeness (QED) is 0.586. The summed E-state index contributed by atoms with van der Waals surface area (Å²) in [6.45, 7) is 2.67. The van der Waals surface area contributed by atoms with E-state index in [0.717, 1.165) is 10.9 Å². The number of hydrogen-bond donors (Lipinski definition) is 2. The first kappa shape index (κ1) is 16.7. The van der Waals surface area contributed by atoms with E-state index < -0.39 is 0 Å². The van der Waals surface area contributed by atoms with Crippen molar-refractivity contribution >= 4 is 22.4 Å². The zero-order chi connectivity index (χ0) is 18.8. The van der Waals surface area contributed by atoms with E-state index in [4.69, 9.17) is 0 Å². The SMILES string of the molecule is CCn1cc(C(=O)Nc2ccc(-c3n[nH]c(=O)c4ccccc34)cc2)cn1. The first-order chi connectivity index (χ1) is 13.2. The van der Waals surface area contributed by atoms with Crippen molar-refractivity contribution in [1.29, 1.82) is 0 Å². The standard InChI is InChI=1S/C20H17N5O2/c1-2-25-12-14(11-21-25)19(26)22-15-9-7-13(8-10-15)18-16-5-3-4-6-17(16)20(27)24-23-18/h3-12H,2H2,1H3,(H,22,26)(H,24,27). The fourth-order valence-corrected chi connectivity index (χ4v) is 2.90. The summed E-state index contributed by atoms with van der Waals surface area (Å²) < 4.78 is 1.70. The van der Waals surface area contributed by atoms with E-state index in [1.54, 1.807) is 35.3 Å². The number of anilines is 1. The van der Waals surface area contributed by atoms with Crippen LogP contribution in [-0.2, 0) is 6.54 Å². The molecule has 0 bridgehead atoms. The lowest BCUT2D eigenvalue weighted by atomic mass is 10.0. The van der Waals surface area contributed by atoms with Crippen LogP contribution in [0, 0.1) is 0 Å². The van der Waals surface area contributed by atoms with Gasteiger partial charge < -0.3 is 5.32 Å². The van der Waals surface area contributed by atoms with E-state index in [1.165, 1.54) is 0 Å². The van der Waals surface area contributed by atoms with Gasteiger partial charge >= 0.3 is 0 Å². The second-order valence-corrected chi connectivity index (χ2v) is 6.06. The number of H-pyrrole nitrogens is 1. The van der Waals surface area contributed by atoms with Crippen LogP contribution in [0.3, 0.4) is 0 Å². The zero-order valence-corrected chi connectivity index (χ0v) is 14.6. The van der Waals surface area contributed by atoms with Crippen LogP contribution < -0.4 is 10.9 Å². The summed E-state index contributed by atoms with van der Waals surface area (Å²) in [4.78, 5) is 24.2. The van der Waals surface area contributed by atoms with E-state index in [2.05, 4.69) is 20.6 Å². The second kappa shape index (κ2) is 6.87. The van der Waals surface area contributed by atoms with Crippen LogP contribution in [0.4, 0.5) is 5.69 Å². The molecular formula is C20H17N5O2. The van der Waals surface area contributed by atoms with Crippen molar-refractivity contribution in [2.75, 3.05) is 5.32 Å². The van der Waals surface area contributed by atoms with Crippen LogP contribution in [-0.4, -0.2) is 25.9 Å². The number of nitrogens with one attached hydrogen (secondary N) is 2. The summed E-state index contributed by atoms with van der Waals surface area (Å²) >= 11 is 0. The zero-order valence-electron chi connectivity index (χ0n) is 14.6. The van der Waals surface area contributed by atoms with Gasteiger partial charge in [0.2, 0.25) is 0 Å². The number of amides is 1. The highest BCUT2D eigenvalue weighted by atomic mass is 16.1. The van der Waals surface area contributed by atoms with Crippen molar-refractivity contribution in [2.45, 2.75) is 13.5 Å². The third-order valence-electron chi connectivity index (χ3n) is 4.33. The summed E-state index contributed by atoms with van der Waals surface area (Å²) in [5, 5.41) is 15.1. The van der Waals surface area contributed by atoms with Crippen molar-refractivity contribution < 1.29 is 4.79 Å². The summed E-state index contributed by atoms with van der Waals surface area (Å²) in [5.74, 6) is -0.213. The van der Waals surface area contributed by atoms with Gasteiger partial charge in [-0.1, -0.05) is 30.3 Å². The summed E-state index contributed by atoms with van der Waals surface area (Å²) in [6.07, 6.45) is 3.25. The lowest BCUT2D eigenvalue weighted by Gasteiger charge is -2.07. The van der Waals surface area contributed by atoms with E-state index in [-0.39, 0.29) is 11.5 Å². The van der Waals surface area contributed by atoms with Gasteiger partial charge in [0.1, 0.15) is 0 Å². The summed E-state index contributed by atoms with van der Waals surface area (Å²) in [6, 6.07) is 14.7. The summed E-state index contributed by atoms with van der Waals surface area (Å²) in [5.41, 5.74) is 2.49. The topological polar surface area (TPSA) is 92.7 Å². The van der Waals surface area contributed by atoms with Crippen molar-refractivity contribution in [2.24, 2.45) is 0 Å². The van der Waals surface area contributed by atoms with Crippen LogP contribution in [0.1, 0.15) is 17.3 Å². The Morgan fingerprint density at radius 1 is 1.11 bits per heavy atom. The molecule has 0 saturated heterocycles. The fraction of sp³-hybridized carbons (Fsp3) is 0.100. The summed E-state index contributed by atoms with van der Waals surface area (Å²) in [7, 11) is 0. The number of benzene rings is 2. The molecule has 2 aromatic carbocycles. The molecule has 2 N–H and O–H groups in total. The van der Waals surface area contributed by atoms with Gasteiger partial charge in [0, 0.05) is 29.4 Å². The van der Waals surface area contributed by atoms with Gasteiger partial charge in [-0.3, -0.25) is 14.3 Å². The molecule has 0 atom stereocenters. The van der Waals surface area contributed by atoms with Crippen molar-refractivity contribution in [1.82, 2.24) is 20.0 Å². The maximum atomic E-state index is 12.3. The second-order valence-electron chi connectivity index (χ2n) is 6.06. The fourth-order valence-electron chi connectivity index (χ4n) is 2.90.